The van der Waals surface area contributed by atoms with Crippen LogP contribution in [0.25, 0.3) is 0 Å². The fraction of sp³-hybridized carbons (Fsp3) is 0.556. The van der Waals surface area contributed by atoms with Crippen molar-refractivity contribution in [3.8, 4) is 0 Å². The van der Waals surface area contributed by atoms with E-state index in [0.717, 1.165) is 57.3 Å². The van der Waals surface area contributed by atoms with Crippen LogP contribution in [-0.4, -0.2) is 62.2 Å². The Balaban J connectivity index is 0.00000225. The summed E-state index contributed by atoms with van der Waals surface area (Å²) in [6.45, 7) is 4.96. The molecule has 2 N–H and O–H groups in total. The van der Waals surface area contributed by atoms with Crippen molar-refractivity contribution in [2.45, 2.75) is 25.4 Å². The Morgan fingerprint density at radius 2 is 1.96 bits per heavy atom. The second-order valence-corrected chi connectivity index (χ2v) is 6.49. The number of likely N-dealkylation sites (N-methyl/N-ethyl adjacent to an activating group) is 1. The van der Waals surface area contributed by atoms with Gasteiger partial charge in [-0.25, -0.2) is 4.98 Å². The van der Waals surface area contributed by atoms with Gasteiger partial charge in [0.1, 0.15) is 5.82 Å². The SMILES string of the molecule is CN=C(NCc1cccnc1N1CCN(C)CC1)NC1CC=CC1.I. The molecule has 6 nitrogen and oxygen atoms in total. The Bertz CT molecular complexity index is 587. The van der Waals surface area contributed by atoms with Crippen molar-refractivity contribution in [2.24, 2.45) is 4.99 Å². The van der Waals surface area contributed by atoms with E-state index in [0.29, 0.717) is 6.04 Å². The molecule has 1 aromatic heterocycles. The first-order valence-electron chi connectivity index (χ1n) is 8.76. The average molecular weight is 456 g/mol. The highest BCUT2D eigenvalue weighted by Gasteiger charge is 2.18. The zero-order valence-corrected chi connectivity index (χ0v) is 17.4. The van der Waals surface area contributed by atoms with Crippen molar-refractivity contribution in [1.29, 1.82) is 0 Å². The number of nitrogens with zero attached hydrogens (tertiary/aromatic N) is 4. The summed E-state index contributed by atoms with van der Waals surface area (Å²) in [7, 11) is 3.99. The lowest BCUT2D eigenvalue weighted by Crippen LogP contribution is -2.45. The first-order valence-corrected chi connectivity index (χ1v) is 8.76. The van der Waals surface area contributed by atoms with Gasteiger partial charge in [0.2, 0.25) is 0 Å². The summed E-state index contributed by atoms with van der Waals surface area (Å²) in [5.41, 5.74) is 1.22. The van der Waals surface area contributed by atoms with Crippen LogP contribution < -0.4 is 15.5 Å². The van der Waals surface area contributed by atoms with Crippen molar-refractivity contribution < 1.29 is 0 Å². The number of aliphatic imine (C=N–C) groups is 1. The summed E-state index contributed by atoms with van der Waals surface area (Å²) in [6.07, 6.45) is 8.46. The Hall–Kier alpha value is -1.35. The number of hydrogen-bond donors (Lipinski definition) is 2. The van der Waals surface area contributed by atoms with Gasteiger partial charge in [-0.05, 0) is 26.0 Å². The Labute approximate surface area is 167 Å². The number of piperazine rings is 1. The van der Waals surface area contributed by atoms with Crippen LogP contribution in [0.4, 0.5) is 5.82 Å². The van der Waals surface area contributed by atoms with Crippen molar-refractivity contribution in [1.82, 2.24) is 20.5 Å². The average Bonchev–Trinajstić information content (AvgIpc) is 3.13. The maximum atomic E-state index is 4.63. The minimum atomic E-state index is 0. The van der Waals surface area contributed by atoms with Crippen molar-refractivity contribution in [3.63, 3.8) is 0 Å². The van der Waals surface area contributed by atoms with Gasteiger partial charge in [0.25, 0.3) is 0 Å². The Kier molecular flexibility index (Phi) is 7.95. The molecule has 0 radical (unpaired) electrons. The summed E-state index contributed by atoms with van der Waals surface area (Å²) in [5, 5.41) is 6.91. The molecule has 1 aliphatic heterocycles. The standard InChI is InChI=1S/C18H28N6.HI/c1-19-18(22-16-7-3-4-8-16)21-14-15-6-5-9-20-17(15)24-12-10-23(2)11-13-24;/h3-6,9,16H,7-8,10-14H2,1-2H3,(H2,19,21,22);1H. The molecule has 0 bridgehead atoms. The number of aromatic nitrogens is 1. The Morgan fingerprint density at radius 1 is 1.24 bits per heavy atom. The molecule has 1 aromatic rings. The van der Waals surface area contributed by atoms with E-state index in [1.54, 1.807) is 0 Å². The molecule has 0 amide bonds. The minimum absolute atomic E-state index is 0. The molecule has 2 aliphatic rings. The quantitative estimate of drug-likeness (QED) is 0.314. The van der Waals surface area contributed by atoms with Crippen LogP contribution in [0, 0.1) is 0 Å². The van der Waals surface area contributed by atoms with Crippen LogP contribution in [-0.2, 0) is 6.54 Å². The number of nitrogens with one attached hydrogen (secondary N) is 2. The molecule has 25 heavy (non-hydrogen) atoms. The molecule has 3 rings (SSSR count). The van der Waals surface area contributed by atoms with E-state index in [2.05, 4.69) is 55.7 Å². The van der Waals surface area contributed by atoms with Gasteiger partial charge in [-0.1, -0.05) is 18.2 Å². The van der Waals surface area contributed by atoms with Crippen molar-refractivity contribution >= 4 is 35.8 Å². The summed E-state index contributed by atoms with van der Waals surface area (Å²) in [4.78, 5) is 13.7. The summed E-state index contributed by atoms with van der Waals surface area (Å²) >= 11 is 0. The van der Waals surface area contributed by atoms with E-state index in [1.165, 1.54) is 5.56 Å². The molecule has 7 heteroatoms. The molecule has 1 saturated heterocycles. The molecular weight excluding hydrogens is 427 g/mol. The molecule has 1 aliphatic carbocycles. The normalized spacial score (nSPS) is 19.0. The molecule has 0 saturated carbocycles. The van der Waals surface area contributed by atoms with Crippen molar-refractivity contribution in [2.75, 3.05) is 45.2 Å². The van der Waals surface area contributed by atoms with Gasteiger partial charge in [0.05, 0.1) is 0 Å². The van der Waals surface area contributed by atoms with Crippen LogP contribution in [0.2, 0.25) is 0 Å². The first kappa shape index (κ1) is 20.0. The third-order valence-electron chi connectivity index (χ3n) is 4.69. The van der Waals surface area contributed by atoms with Gasteiger partial charge in [-0.3, -0.25) is 4.99 Å². The molecule has 0 unspecified atom stereocenters. The largest absolute Gasteiger partial charge is 0.354 e. The molecule has 0 aromatic carbocycles. The third kappa shape index (κ3) is 5.57. The molecule has 0 atom stereocenters. The third-order valence-corrected chi connectivity index (χ3v) is 4.69. The van der Waals surface area contributed by atoms with Gasteiger partial charge >= 0.3 is 0 Å². The smallest absolute Gasteiger partial charge is 0.191 e. The molecule has 0 spiro atoms. The lowest BCUT2D eigenvalue weighted by atomic mass is 10.2. The first-order chi connectivity index (χ1) is 11.8. The van der Waals surface area contributed by atoms with Crippen LogP contribution in [0.1, 0.15) is 18.4 Å². The maximum absolute atomic E-state index is 4.63. The van der Waals surface area contributed by atoms with E-state index >= 15 is 0 Å². The highest BCUT2D eigenvalue weighted by molar-refractivity contribution is 14.0. The summed E-state index contributed by atoms with van der Waals surface area (Å²) in [6, 6.07) is 4.62. The molecule has 1 fully saturated rings. The number of halogens is 1. The fourth-order valence-electron chi connectivity index (χ4n) is 3.17. The van der Waals surface area contributed by atoms with E-state index in [-0.39, 0.29) is 24.0 Å². The maximum Gasteiger partial charge on any atom is 0.191 e. The lowest BCUT2D eigenvalue weighted by Gasteiger charge is -2.34. The second-order valence-electron chi connectivity index (χ2n) is 6.49. The number of pyridine rings is 1. The van der Waals surface area contributed by atoms with Gasteiger partial charge in [-0.2, -0.15) is 0 Å². The zero-order valence-electron chi connectivity index (χ0n) is 15.1. The molecular formula is C18H29IN6. The van der Waals surface area contributed by atoms with E-state index in [1.807, 2.05) is 19.3 Å². The van der Waals surface area contributed by atoms with E-state index in [4.69, 9.17) is 0 Å². The predicted octanol–water partition coefficient (Wildman–Crippen LogP) is 1.83. The predicted molar refractivity (Wildman–Crippen MR) is 115 cm³/mol. The highest BCUT2D eigenvalue weighted by Crippen LogP contribution is 2.18. The monoisotopic (exact) mass is 456 g/mol. The van der Waals surface area contributed by atoms with Crippen LogP contribution >= 0.6 is 24.0 Å². The highest BCUT2D eigenvalue weighted by atomic mass is 127. The van der Waals surface area contributed by atoms with Gasteiger partial charge in [-0.15, -0.1) is 24.0 Å². The van der Waals surface area contributed by atoms with E-state index < -0.39 is 0 Å². The Morgan fingerprint density at radius 3 is 2.64 bits per heavy atom. The number of hydrogen-bond acceptors (Lipinski definition) is 4. The number of anilines is 1. The van der Waals surface area contributed by atoms with Crippen LogP contribution in [0.5, 0.6) is 0 Å². The zero-order chi connectivity index (χ0) is 16.8. The van der Waals surface area contributed by atoms with Gasteiger partial charge in [0.15, 0.2) is 5.96 Å². The summed E-state index contributed by atoms with van der Waals surface area (Å²) in [5.74, 6) is 1.95. The minimum Gasteiger partial charge on any atom is -0.354 e. The number of rotatable bonds is 4. The van der Waals surface area contributed by atoms with Gasteiger partial charge in [0, 0.05) is 57.6 Å². The fourth-order valence-corrected chi connectivity index (χ4v) is 3.17. The second kappa shape index (κ2) is 9.96. The van der Waals surface area contributed by atoms with E-state index in [9.17, 15) is 0 Å². The summed E-state index contributed by atoms with van der Waals surface area (Å²) < 4.78 is 0. The topological polar surface area (TPSA) is 55.8 Å². The van der Waals surface area contributed by atoms with Crippen LogP contribution in [0.15, 0.2) is 35.5 Å². The number of guanidine groups is 1. The lowest BCUT2D eigenvalue weighted by molar-refractivity contribution is 0.312. The molecule has 138 valence electrons. The molecule has 2 heterocycles. The van der Waals surface area contributed by atoms with Crippen LogP contribution in [0.3, 0.4) is 0 Å². The van der Waals surface area contributed by atoms with Crippen molar-refractivity contribution in [3.05, 3.63) is 36.0 Å². The van der Waals surface area contributed by atoms with Gasteiger partial charge < -0.3 is 20.4 Å².